The van der Waals surface area contributed by atoms with E-state index in [2.05, 4.69) is 25.9 Å². The third-order valence-corrected chi connectivity index (χ3v) is 2.33. The maximum absolute atomic E-state index is 11.0. The largest absolute Gasteiger partial charge is 0.424 e. The summed E-state index contributed by atoms with van der Waals surface area (Å²) in [5.74, 6) is -0.0456. The van der Waals surface area contributed by atoms with Crippen LogP contribution in [0.15, 0.2) is 41.1 Å². The van der Waals surface area contributed by atoms with Gasteiger partial charge in [-0.3, -0.25) is 4.79 Å². The molecule has 1 aromatic heterocycles. The van der Waals surface area contributed by atoms with Crippen molar-refractivity contribution in [2.45, 2.75) is 0 Å². The lowest BCUT2D eigenvalue weighted by atomic mass is 10.2. The van der Waals surface area contributed by atoms with Crippen LogP contribution in [0, 0.1) is 0 Å². The highest BCUT2D eigenvalue weighted by Gasteiger charge is 2.04. The molecule has 2 aromatic rings. The smallest absolute Gasteiger partial charge is 0.321 e. The molecule has 0 atom stereocenters. The topological polar surface area (TPSA) is 78.1 Å². The fraction of sp³-hybridized carbons (Fsp3) is 0. The van der Waals surface area contributed by atoms with Gasteiger partial charge in [0.1, 0.15) is 5.75 Å². The first-order valence-electron chi connectivity index (χ1n) is 4.70. The second kappa shape index (κ2) is 4.92. The predicted octanol–water partition coefficient (Wildman–Crippen LogP) is 2.13. The van der Waals surface area contributed by atoms with Crippen LogP contribution in [0.4, 0.5) is 0 Å². The van der Waals surface area contributed by atoms with Crippen molar-refractivity contribution in [3.63, 3.8) is 0 Å². The highest BCUT2D eigenvalue weighted by Crippen LogP contribution is 2.19. The third kappa shape index (κ3) is 3.01. The van der Waals surface area contributed by atoms with Crippen molar-refractivity contribution in [3.8, 4) is 11.8 Å². The van der Waals surface area contributed by atoms with Gasteiger partial charge in [-0.05, 0) is 34.1 Å². The quantitative estimate of drug-likeness (QED) is 0.940. The lowest BCUT2D eigenvalue weighted by Crippen LogP contribution is -2.10. The van der Waals surface area contributed by atoms with Crippen LogP contribution in [-0.2, 0) is 0 Å². The predicted molar refractivity (Wildman–Crippen MR) is 64.8 cm³/mol. The van der Waals surface area contributed by atoms with Crippen LogP contribution in [0.1, 0.15) is 10.4 Å². The van der Waals surface area contributed by atoms with Crippen molar-refractivity contribution in [1.82, 2.24) is 9.97 Å². The zero-order chi connectivity index (χ0) is 12.3. The first kappa shape index (κ1) is 11.5. The Morgan fingerprint density at radius 1 is 1.29 bits per heavy atom. The van der Waals surface area contributed by atoms with Crippen molar-refractivity contribution in [3.05, 3.63) is 46.7 Å². The number of hydrogen-bond acceptors (Lipinski definition) is 4. The van der Waals surface area contributed by atoms with E-state index in [1.54, 1.807) is 30.6 Å². The summed E-state index contributed by atoms with van der Waals surface area (Å²) in [6, 6.07) is 6.71. The van der Waals surface area contributed by atoms with E-state index in [9.17, 15) is 4.79 Å². The number of ether oxygens (including phenoxy) is 1. The Bertz CT molecular complexity index is 543. The summed E-state index contributed by atoms with van der Waals surface area (Å²) < 4.78 is 6.13. The van der Waals surface area contributed by atoms with Gasteiger partial charge >= 0.3 is 6.01 Å². The number of halogens is 1. The van der Waals surface area contributed by atoms with Crippen molar-refractivity contribution in [1.29, 1.82) is 0 Å². The number of nitrogens with two attached hydrogens (primary N) is 1. The van der Waals surface area contributed by atoms with Gasteiger partial charge in [0.15, 0.2) is 0 Å². The third-order valence-electron chi connectivity index (χ3n) is 1.92. The number of hydrogen-bond donors (Lipinski definition) is 1. The second-order valence-electron chi connectivity index (χ2n) is 3.18. The molecule has 0 aliphatic rings. The lowest BCUT2D eigenvalue weighted by molar-refractivity contribution is 0.1000. The fourth-order valence-electron chi connectivity index (χ4n) is 1.17. The Hall–Kier alpha value is -1.95. The maximum Gasteiger partial charge on any atom is 0.321 e. The second-order valence-corrected chi connectivity index (χ2v) is 4.09. The Morgan fingerprint density at radius 3 is 2.65 bits per heavy atom. The Labute approximate surface area is 106 Å². The van der Waals surface area contributed by atoms with Crippen molar-refractivity contribution >= 4 is 21.8 Å². The Balaban J connectivity index is 2.21. The summed E-state index contributed by atoms with van der Waals surface area (Å²) in [4.78, 5) is 18.9. The van der Waals surface area contributed by atoms with E-state index in [0.717, 1.165) is 4.47 Å². The molecule has 0 saturated heterocycles. The zero-order valence-electron chi connectivity index (χ0n) is 8.63. The van der Waals surface area contributed by atoms with Gasteiger partial charge in [0, 0.05) is 18.0 Å². The molecule has 17 heavy (non-hydrogen) atoms. The molecule has 1 amide bonds. The molecule has 0 radical (unpaired) electrons. The summed E-state index contributed by atoms with van der Waals surface area (Å²) in [5, 5.41) is 0. The molecular weight excluding hydrogens is 286 g/mol. The van der Waals surface area contributed by atoms with Gasteiger partial charge in [0.05, 0.1) is 4.47 Å². The van der Waals surface area contributed by atoms with E-state index < -0.39 is 5.91 Å². The van der Waals surface area contributed by atoms with Crippen LogP contribution in [0.25, 0.3) is 0 Å². The minimum Gasteiger partial charge on any atom is -0.424 e. The summed E-state index contributed by atoms with van der Waals surface area (Å²) in [7, 11) is 0. The first-order valence-corrected chi connectivity index (χ1v) is 5.50. The van der Waals surface area contributed by atoms with Crippen molar-refractivity contribution < 1.29 is 9.53 Å². The molecule has 1 aromatic carbocycles. The number of carbonyl (C=O) groups is 1. The van der Waals surface area contributed by atoms with Crippen LogP contribution in [0.3, 0.4) is 0 Å². The molecule has 0 aliphatic heterocycles. The summed E-state index contributed by atoms with van der Waals surface area (Å²) >= 11 is 3.22. The Morgan fingerprint density at radius 2 is 2.00 bits per heavy atom. The van der Waals surface area contributed by atoms with Gasteiger partial charge in [0.2, 0.25) is 5.91 Å². The summed E-state index contributed by atoms with van der Waals surface area (Å²) in [5.41, 5.74) is 5.54. The number of rotatable bonds is 3. The minimum atomic E-state index is -0.507. The van der Waals surface area contributed by atoms with Crippen LogP contribution >= 0.6 is 15.9 Å². The molecule has 1 heterocycles. The van der Waals surface area contributed by atoms with E-state index >= 15 is 0 Å². The number of amides is 1. The van der Waals surface area contributed by atoms with E-state index in [4.69, 9.17) is 10.5 Å². The number of aromatic nitrogens is 2. The van der Waals surface area contributed by atoms with E-state index in [0.29, 0.717) is 11.3 Å². The highest BCUT2D eigenvalue weighted by atomic mass is 79.9. The summed E-state index contributed by atoms with van der Waals surface area (Å²) in [6.07, 6.45) is 3.14. The number of benzene rings is 1. The SMILES string of the molecule is NC(=O)c1cccc(Oc2ncc(Br)cn2)c1. The molecule has 0 spiro atoms. The molecule has 0 saturated carbocycles. The molecular formula is C11H8BrN3O2. The number of carbonyl (C=O) groups excluding carboxylic acids is 1. The van der Waals surface area contributed by atoms with E-state index in [1.165, 1.54) is 6.07 Å². The first-order chi connectivity index (χ1) is 8.15. The van der Waals surface area contributed by atoms with Crippen molar-refractivity contribution in [2.24, 2.45) is 5.73 Å². The molecule has 0 unspecified atom stereocenters. The van der Waals surface area contributed by atoms with Gasteiger partial charge in [-0.15, -0.1) is 0 Å². The number of primary amides is 1. The average molecular weight is 294 g/mol. The Kier molecular flexibility index (Phi) is 3.34. The monoisotopic (exact) mass is 293 g/mol. The van der Waals surface area contributed by atoms with Crippen LogP contribution < -0.4 is 10.5 Å². The van der Waals surface area contributed by atoms with Crippen LogP contribution in [0.2, 0.25) is 0 Å². The molecule has 0 aliphatic carbocycles. The average Bonchev–Trinajstić information content (AvgIpc) is 2.32. The van der Waals surface area contributed by atoms with E-state index in [1.807, 2.05) is 0 Å². The molecule has 86 valence electrons. The number of nitrogens with zero attached hydrogens (tertiary/aromatic N) is 2. The maximum atomic E-state index is 11.0. The molecule has 5 nitrogen and oxygen atoms in total. The standard InChI is InChI=1S/C11H8BrN3O2/c12-8-5-14-11(15-6-8)17-9-3-1-2-7(4-9)10(13)16/h1-6H,(H2,13,16). The van der Waals surface area contributed by atoms with Gasteiger partial charge in [-0.2, -0.15) is 0 Å². The van der Waals surface area contributed by atoms with Crippen LogP contribution in [-0.4, -0.2) is 15.9 Å². The molecule has 6 heteroatoms. The fourth-order valence-corrected chi connectivity index (χ4v) is 1.38. The van der Waals surface area contributed by atoms with Gasteiger partial charge < -0.3 is 10.5 Å². The molecule has 0 bridgehead atoms. The molecule has 2 N–H and O–H groups in total. The normalized spacial score (nSPS) is 9.94. The summed E-state index contributed by atoms with van der Waals surface area (Å²) in [6.45, 7) is 0. The van der Waals surface area contributed by atoms with Crippen molar-refractivity contribution in [2.75, 3.05) is 0 Å². The van der Waals surface area contributed by atoms with Gasteiger partial charge in [-0.1, -0.05) is 6.07 Å². The van der Waals surface area contributed by atoms with Crippen LogP contribution in [0.5, 0.6) is 11.8 Å². The van der Waals surface area contributed by atoms with Gasteiger partial charge in [-0.25, -0.2) is 9.97 Å². The van der Waals surface area contributed by atoms with E-state index in [-0.39, 0.29) is 6.01 Å². The highest BCUT2D eigenvalue weighted by molar-refractivity contribution is 9.10. The zero-order valence-corrected chi connectivity index (χ0v) is 10.2. The lowest BCUT2D eigenvalue weighted by Gasteiger charge is -2.04. The molecule has 0 fully saturated rings. The molecule has 2 rings (SSSR count). The van der Waals surface area contributed by atoms with Gasteiger partial charge in [0.25, 0.3) is 0 Å². The minimum absolute atomic E-state index is 0.204.